The van der Waals surface area contributed by atoms with E-state index in [1.54, 1.807) is 0 Å². The van der Waals surface area contributed by atoms with Crippen LogP contribution in [0.4, 0.5) is 51.4 Å². The third-order valence-electron chi connectivity index (χ3n) is 28.2. The van der Waals surface area contributed by atoms with Crippen molar-refractivity contribution in [3.63, 3.8) is 0 Å². The van der Waals surface area contributed by atoms with Gasteiger partial charge in [0.2, 0.25) is 0 Å². The van der Waals surface area contributed by atoms with Crippen LogP contribution < -0.4 is 14.7 Å². The molecule has 140 heavy (non-hydrogen) atoms. The number of pyridine rings is 3. The normalized spacial score (nSPS) is 12.1. The van der Waals surface area contributed by atoms with Crippen molar-refractivity contribution in [2.45, 2.75) is 0 Å². The summed E-state index contributed by atoms with van der Waals surface area (Å²) in [7, 11) is 0. The van der Waals surface area contributed by atoms with E-state index in [4.69, 9.17) is 15.0 Å². The third-order valence-corrected chi connectivity index (χ3v) is 28.2. The fourth-order valence-corrected chi connectivity index (χ4v) is 22.2. The van der Waals surface area contributed by atoms with Gasteiger partial charge in [-0.25, -0.2) is 15.0 Å². The molecule has 0 radical (unpaired) electrons. The fraction of sp³-hybridized carbons (Fsp3) is 0. The molecule has 0 unspecified atom stereocenters. The Balaban J connectivity index is 0.000000106. The van der Waals surface area contributed by atoms with Crippen molar-refractivity contribution in [3.05, 3.63) is 516 Å². The summed E-state index contributed by atoms with van der Waals surface area (Å²) < 4.78 is 7.42. The van der Waals surface area contributed by atoms with Crippen molar-refractivity contribution in [1.82, 2.24) is 28.7 Å². The number of benzene rings is 20. The average molecular weight is 1790 g/mol. The molecule has 654 valence electrons. The molecule has 0 bridgehead atoms. The Labute approximate surface area is 809 Å². The summed E-state index contributed by atoms with van der Waals surface area (Å²) in [4.78, 5) is 22.3. The quantitative estimate of drug-likeness (QED) is 0.134. The smallest absolute Gasteiger partial charge is 0.145 e. The summed E-state index contributed by atoms with van der Waals surface area (Å²) >= 11 is 0. The van der Waals surface area contributed by atoms with Crippen LogP contribution in [0.1, 0.15) is 0 Å². The van der Waals surface area contributed by atoms with E-state index in [2.05, 4.69) is 526 Å². The summed E-state index contributed by atoms with van der Waals surface area (Å²) in [6, 6.07) is 181. The highest BCUT2D eigenvalue weighted by Crippen LogP contribution is 2.60. The zero-order valence-corrected chi connectivity index (χ0v) is 76.1. The van der Waals surface area contributed by atoms with Crippen LogP contribution in [-0.4, -0.2) is 28.7 Å². The molecular weight excluding hydrogens is 1700 g/mol. The Morgan fingerprint density at radius 1 is 0.171 bits per heavy atom. The van der Waals surface area contributed by atoms with Crippen molar-refractivity contribution in [3.8, 4) is 118 Å². The highest BCUT2D eigenvalue weighted by atomic mass is 15.2. The molecular formula is C131H85N9. The second-order valence-corrected chi connectivity index (χ2v) is 36.0. The van der Waals surface area contributed by atoms with E-state index in [0.29, 0.717) is 0 Å². The first-order valence-corrected chi connectivity index (χ1v) is 47.8. The molecule has 26 aromatic rings. The number of rotatable bonds is 9. The Kier molecular flexibility index (Phi) is 19.4. The maximum absolute atomic E-state index is 5.07. The molecule has 9 heterocycles. The van der Waals surface area contributed by atoms with Gasteiger partial charge in [0.05, 0.1) is 84.7 Å². The maximum Gasteiger partial charge on any atom is 0.145 e. The lowest BCUT2D eigenvalue weighted by Gasteiger charge is -2.28. The first kappa shape index (κ1) is 80.8. The lowest BCUT2D eigenvalue weighted by atomic mass is 9.97. The van der Waals surface area contributed by atoms with Crippen molar-refractivity contribution < 1.29 is 0 Å². The molecule has 0 saturated heterocycles. The minimum Gasteiger partial charge on any atom is -0.309 e. The summed E-state index contributed by atoms with van der Waals surface area (Å²) in [6.45, 7) is 0. The Hall–Kier alpha value is -18.8. The predicted octanol–water partition coefficient (Wildman–Crippen LogP) is 35.2. The van der Waals surface area contributed by atoms with Gasteiger partial charge in [-0.3, -0.25) is 9.80 Å². The van der Waals surface area contributed by atoms with E-state index in [1.807, 2.05) is 18.5 Å². The second kappa shape index (κ2) is 33.7. The fourth-order valence-electron chi connectivity index (χ4n) is 22.2. The Morgan fingerprint density at radius 3 is 1.02 bits per heavy atom. The van der Waals surface area contributed by atoms with Crippen molar-refractivity contribution in [2.24, 2.45) is 0 Å². The predicted molar refractivity (Wildman–Crippen MR) is 584 cm³/mol. The van der Waals surface area contributed by atoms with Crippen LogP contribution in [0.3, 0.4) is 0 Å². The van der Waals surface area contributed by atoms with Gasteiger partial charge in [-0.15, -0.1) is 0 Å². The molecule has 0 aliphatic carbocycles. The van der Waals surface area contributed by atoms with Gasteiger partial charge in [-0.05, 0) is 177 Å². The lowest BCUT2D eigenvalue weighted by molar-refractivity contribution is 1.13. The van der Waals surface area contributed by atoms with E-state index in [9.17, 15) is 0 Å². The molecule has 3 aliphatic heterocycles. The lowest BCUT2D eigenvalue weighted by Crippen LogP contribution is -2.13. The van der Waals surface area contributed by atoms with Crippen molar-refractivity contribution >= 4 is 138 Å². The van der Waals surface area contributed by atoms with Crippen LogP contribution in [-0.2, 0) is 0 Å². The molecule has 3 aliphatic rings. The summed E-state index contributed by atoms with van der Waals surface area (Å²) in [6.07, 6.45) is 3.86. The van der Waals surface area contributed by atoms with Crippen molar-refractivity contribution in [2.75, 3.05) is 14.7 Å². The highest BCUT2D eigenvalue weighted by molar-refractivity contribution is 6.20. The molecule has 20 aromatic carbocycles. The molecule has 0 spiro atoms. The van der Waals surface area contributed by atoms with Crippen LogP contribution in [0.2, 0.25) is 0 Å². The number of anilines is 9. The molecule has 9 nitrogen and oxygen atoms in total. The molecule has 0 fully saturated rings. The summed E-state index contributed by atoms with van der Waals surface area (Å²) in [5, 5.41) is 14.4. The molecule has 0 N–H and O–H groups in total. The maximum atomic E-state index is 5.07. The highest BCUT2D eigenvalue weighted by Gasteiger charge is 2.37. The zero-order chi connectivity index (χ0) is 92.2. The zero-order valence-electron chi connectivity index (χ0n) is 76.1. The third kappa shape index (κ3) is 13.3. The second-order valence-electron chi connectivity index (χ2n) is 36.0. The van der Waals surface area contributed by atoms with Gasteiger partial charge in [-0.1, -0.05) is 376 Å². The van der Waals surface area contributed by atoms with Crippen LogP contribution >= 0.6 is 0 Å². The number of fused-ring (bicyclic) bond motifs is 27. The molecule has 6 aromatic heterocycles. The SMILES string of the molecule is c1ccc(-c2cc(-c3ccccc3)cc(-n3c4c(c5ccccc53)-c3ccccc3N(c3nccc5ccccc35)c3ccccc3-4)c2)cc1.c1ccc(-n2c3c(c4ccccc42)-c2ccccc2N(c2cccc(-c4ccc5ccccc5n4)c2)c2ccccc2-3)cc1.c1ccc2c(c1)-c1c(n(-c3cc4ccccc4c4ccccc34)c3ccccc13)-c1ccccc1N2c1nccc2ccccc12. The Bertz CT molecular complexity index is 9370. The summed E-state index contributed by atoms with van der Waals surface area (Å²) in [5.74, 6) is 1.84. The van der Waals surface area contributed by atoms with Crippen molar-refractivity contribution in [1.29, 1.82) is 0 Å². The minimum absolute atomic E-state index is 0.918. The molecule has 0 amide bonds. The van der Waals surface area contributed by atoms with Gasteiger partial charge in [0.15, 0.2) is 0 Å². The van der Waals surface area contributed by atoms with Crippen LogP contribution in [0.5, 0.6) is 0 Å². The number of hydrogen-bond donors (Lipinski definition) is 0. The minimum atomic E-state index is 0.918. The van der Waals surface area contributed by atoms with Gasteiger partial charge in [0.1, 0.15) is 11.6 Å². The van der Waals surface area contributed by atoms with E-state index < -0.39 is 0 Å². The number of hydrogen-bond acceptors (Lipinski definition) is 6. The van der Waals surface area contributed by atoms with Gasteiger partial charge >= 0.3 is 0 Å². The average Bonchev–Trinajstić information content (AvgIpc) is 1.43. The topological polar surface area (TPSA) is 63.2 Å². The molecule has 0 saturated carbocycles. The van der Waals surface area contributed by atoms with Gasteiger partial charge in [0.25, 0.3) is 0 Å². The van der Waals surface area contributed by atoms with E-state index in [0.717, 1.165) is 112 Å². The molecule has 9 heteroatoms. The van der Waals surface area contributed by atoms with Crippen LogP contribution in [0.15, 0.2) is 516 Å². The van der Waals surface area contributed by atoms with Crippen LogP contribution in [0, 0.1) is 0 Å². The first-order valence-electron chi connectivity index (χ1n) is 47.8. The monoisotopic (exact) mass is 1780 g/mol. The first-order chi connectivity index (χ1) is 69.5. The number of aromatic nitrogens is 6. The standard InChI is InChI=1S/C47H31N3.C43H27N3.C41H27N3/c1-3-15-32(16-4-1)35-29-36(33-17-5-2-6-18-33)31-37(30-35)49-42-24-12-9-21-39(42)45-40-22-10-13-25-43(40)50(44-26-14-11-23-41(44)46(45)49)47-38-20-8-7-19-34(38)27-28-48-47;1-4-16-31-28(13-1)25-26-44-43(31)46-38-23-11-8-20-35(38)41-34-19-7-10-22-37(34)45(42(41)36-21-9-12-24-39(36)46)40-27-29-14-2-3-15-30(29)32-17-5-6-18-33(32)40;1-2-15-30(16-3-1)44-38-23-10-6-19-33(38)40-32-18-5-9-22-37(32)43(39-24-11-7-20-34(39)41(40)44)31-17-12-14-29(27-31)36-26-25-28-13-4-8-21-35(28)42-36/h1-31H;1-27H;1-27H. The molecule has 0 atom stereocenters. The van der Waals surface area contributed by atoms with E-state index >= 15 is 0 Å². The van der Waals surface area contributed by atoms with Gasteiger partial charge < -0.3 is 18.6 Å². The van der Waals surface area contributed by atoms with Gasteiger partial charge in [-0.2, -0.15) is 0 Å². The van der Waals surface area contributed by atoms with E-state index in [1.165, 1.54) is 144 Å². The molecule has 29 rings (SSSR count). The largest absolute Gasteiger partial charge is 0.309 e. The summed E-state index contributed by atoms with van der Waals surface area (Å²) in [5.41, 5.74) is 36.9. The number of para-hydroxylation sites is 11. The Morgan fingerprint density at radius 2 is 0.514 bits per heavy atom. The number of nitrogens with zero attached hydrogens (tertiary/aromatic N) is 9. The van der Waals surface area contributed by atoms with Gasteiger partial charge in [0, 0.05) is 123 Å². The van der Waals surface area contributed by atoms with E-state index in [-0.39, 0.29) is 0 Å². The van der Waals surface area contributed by atoms with Crippen LogP contribution in [0.25, 0.3) is 204 Å².